The number of nitrogens with two attached hydrogens (primary N) is 1. The Bertz CT molecular complexity index is 3000. The van der Waals surface area contributed by atoms with Crippen LogP contribution < -0.4 is 31.5 Å². The molecule has 1 unspecified atom stereocenters. The number of pyridine rings is 1. The van der Waals surface area contributed by atoms with Crippen LogP contribution in [0.5, 0.6) is 0 Å². The molecule has 5 aromatic rings. The summed E-state index contributed by atoms with van der Waals surface area (Å²) in [6, 6.07) is 20.8. The van der Waals surface area contributed by atoms with Crippen molar-refractivity contribution in [2.24, 2.45) is 5.73 Å². The number of nitrogens with zero attached hydrogens (tertiary/aromatic N) is 7. The van der Waals surface area contributed by atoms with Crippen LogP contribution in [0.3, 0.4) is 0 Å². The first kappa shape index (κ1) is 49.7. The highest BCUT2D eigenvalue weighted by Gasteiger charge is 2.39. The molecular formula is C53H53ClFN11O5S. The molecule has 0 radical (unpaired) electrons. The highest BCUT2D eigenvalue weighted by molar-refractivity contribution is 7.99. The average Bonchev–Trinajstić information content (AvgIpc) is 3.70. The topological polar surface area (TPSA) is 199 Å². The van der Waals surface area contributed by atoms with E-state index in [1.165, 1.54) is 28.3 Å². The third-order valence-corrected chi connectivity index (χ3v) is 14.5. The molecule has 2 saturated heterocycles. The summed E-state index contributed by atoms with van der Waals surface area (Å²) in [4.78, 5) is 85.7. The number of hydrogen-bond donors (Lipinski definition) is 4. The summed E-state index contributed by atoms with van der Waals surface area (Å²) in [6.07, 6.45) is 17.9. The number of halogens is 2. The van der Waals surface area contributed by atoms with Gasteiger partial charge >= 0.3 is 0 Å². The molecule has 16 nitrogen and oxygen atoms in total. The zero-order chi connectivity index (χ0) is 49.2. The minimum atomic E-state index is -0.685. The van der Waals surface area contributed by atoms with Crippen LogP contribution in [0, 0.1) is 5.82 Å². The van der Waals surface area contributed by atoms with Gasteiger partial charge in [-0.3, -0.25) is 39.2 Å². The van der Waals surface area contributed by atoms with E-state index in [4.69, 9.17) is 5.73 Å². The molecule has 1 atom stereocenters. The van der Waals surface area contributed by atoms with Crippen LogP contribution in [0.15, 0.2) is 132 Å². The maximum atomic E-state index is 15.7. The number of rotatable bonds is 12. The van der Waals surface area contributed by atoms with E-state index in [9.17, 15) is 24.0 Å². The molecule has 370 valence electrons. The van der Waals surface area contributed by atoms with Crippen molar-refractivity contribution in [2.75, 3.05) is 41.3 Å². The molecule has 3 aromatic carbocycles. The van der Waals surface area contributed by atoms with Crippen LogP contribution in [0.25, 0.3) is 5.57 Å². The number of aromatic nitrogens is 3. The Balaban J connectivity index is 0.00000640. The van der Waals surface area contributed by atoms with E-state index in [1.807, 2.05) is 66.7 Å². The average molecular weight is 1010 g/mol. The van der Waals surface area contributed by atoms with Gasteiger partial charge in [0.15, 0.2) is 5.82 Å². The normalized spacial score (nSPS) is 18.8. The fraction of sp³-hybridized carbons (Fsp3) is 0.283. The molecular weight excluding hydrogens is 957 g/mol. The van der Waals surface area contributed by atoms with Crippen molar-refractivity contribution in [3.63, 3.8) is 0 Å². The van der Waals surface area contributed by atoms with Gasteiger partial charge in [-0.1, -0.05) is 42.1 Å². The van der Waals surface area contributed by atoms with Gasteiger partial charge in [0.2, 0.25) is 11.8 Å². The summed E-state index contributed by atoms with van der Waals surface area (Å²) >= 11 is 1.41. The molecule has 0 bridgehead atoms. The van der Waals surface area contributed by atoms with Crippen molar-refractivity contribution in [1.29, 1.82) is 0 Å². The van der Waals surface area contributed by atoms with Crippen LogP contribution >= 0.6 is 24.2 Å². The molecule has 19 heteroatoms. The Morgan fingerprint density at radius 1 is 0.889 bits per heavy atom. The first-order valence-corrected chi connectivity index (χ1v) is 24.5. The maximum absolute atomic E-state index is 15.7. The molecule has 5 aliphatic rings. The SMILES string of the molecule is CC1(N)C=CN(c2cnc(Sc3cccc(NC(=O)c4ccc(N5CCC(N6CC=C(c7ccc(C(=O)NCc8ccc9c(c8)CN(C8CCC(=O)NC8=O)C9=O)nc7)CC6)CC5)c(F)c4)c3)cn2)C=C1.Cl. The molecule has 0 saturated carbocycles. The molecule has 5 aliphatic heterocycles. The predicted octanol–water partition coefficient (Wildman–Crippen LogP) is 6.85. The second kappa shape index (κ2) is 21.2. The van der Waals surface area contributed by atoms with Gasteiger partial charge in [-0.2, -0.15) is 0 Å². The molecule has 0 spiro atoms. The Hall–Kier alpha value is -7.25. The van der Waals surface area contributed by atoms with E-state index in [0.717, 1.165) is 53.9 Å². The first-order chi connectivity index (χ1) is 34.3. The van der Waals surface area contributed by atoms with Gasteiger partial charge in [-0.15, -0.1) is 12.4 Å². The van der Waals surface area contributed by atoms with Crippen LogP contribution in [0.4, 0.5) is 21.6 Å². The monoisotopic (exact) mass is 1010 g/mol. The number of nitrogens with one attached hydrogen (secondary N) is 3. The summed E-state index contributed by atoms with van der Waals surface area (Å²) in [5.41, 5.74) is 11.5. The molecule has 72 heavy (non-hydrogen) atoms. The number of piperidine rings is 2. The summed E-state index contributed by atoms with van der Waals surface area (Å²) in [5.74, 6) is -1.52. The Kier molecular flexibility index (Phi) is 14.7. The third-order valence-electron chi connectivity index (χ3n) is 13.6. The number of fused-ring (bicyclic) bond motifs is 1. The number of anilines is 3. The predicted molar refractivity (Wildman–Crippen MR) is 275 cm³/mol. The Morgan fingerprint density at radius 3 is 2.42 bits per heavy atom. The van der Waals surface area contributed by atoms with Gasteiger partial charge in [-0.05, 0) is 116 Å². The fourth-order valence-corrected chi connectivity index (χ4v) is 10.4. The van der Waals surface area contributed by atoms with Crippen molar-refractivity contribution >= 4 is 76.5 Å². The number of amides is 5. The Morgan fingerprint density at radius 2 is 1.71 bits per heavy atom. The molecule has 2 fully saturated rings. The summed E-state index contributed by atoms with van der Waals surface area (Å²) in [7, 11) is 0. The van der Waals surface area contributed by atoms with Gasteiger partial charge < -0.3 is 31.1 Å². The number of carbonyl (C=O) groups excluding carboxylic acids is 5. The van der Waals surface area contributed by atoms with E-state index < -0.39 is 29.2 Å². The highest BCUT2D eigenvalue weighted by Crippen LogP contribution is 2.32. The third kappa shape index (κ3) is 11.1. The minimum absolute atomic E-state index is 0. The second-order valence-electron chi connectivity index (χ2n) is 18.6. The lowest BCUT2D eigenvalue weighted by molar-refractivity contribution is -0.136. The van der Waals surface area contributed by atoms with Gasteiger partial charge in [0, 0.05) is 92.0 Å². The van der Waals surface area contributed by atoms with E-state index in [-0.39, 0.29) is 55.2 Å². The lowest BCUT2D eigenvalue weighted by atomic mass is 9.96. The molecule has 10 rings (SSSR count). The summed E-state index contributed by atoms with van der Waals surface area (Å²) in [6.45, 7) is 5.46. The summed E-state index contributed by atoms with van der Waals surface area (Å²) < 4.78 is 15.7. The quantitative estimate of drug-likeness (QED) is 0.0948. The lowest BCUT2D eigenvalue weighted by Crippen LogP contribution is -2.52. The highest BCUT2D eigenvalue weighted by atomic mass is 35.5. The van der Waals surface area contributed by atoms with E-state index >= 15 is 4.39 Å². The van der Waals surface area contributed by atoms with E-state index in [2.05, 4.69) is 46.8 Å². The smallest absolute Gasteiger partial charge is 0.270 e. The van der Waals surface area contributed by atoms with Crippen molar-refractivity contribution < 1.29 is 28.4 Å². The standard InChI is InChI=1S/C53H52FN11O5S.ClH/c1-53(55)17-23-64(24-18-53)46-30-58-48(31-57-46)71-40-4-2-3-38(27-40)60-49(67)35-7-10-44(42(54)26-35)63-21-15-39(16-22-63)62-19-13-34(14-20-62)36-6-9-43(56-29-36)50(68)59-28-33-5-8-41-37(25-33)32-65(52(41)70)45-11-12-47(66)61-51(45)69;/h2-10,13,17-18,23-27,29-31,39,45H,11-12,14-16,19-22,28,32,55H2,1H3,(H,59,68)(H,60,67)(H,61,66,69);1H. The van der Waals surface area contributed by atoms with Crippen LogP contribution in [-0.2, 0) is 22.7 Å². The maximum Gasteiger partial charge on any atom is 0.270 e. The summed E-state index contributed by atoms with van der Waals surface area (Å²) in [5, 5.41) is 8.83. The number of hydrogen-bond acceptors (Lipinski definition) is 13. The van der Waals surface area contributed by atoms with Crippen LogP contribution in [0.1, 0.15) is 86.9 Å². The molecule has 2 aromatic heterocycles. The number of carbonyl (C=O) groups is 5. The van der Waals surface area contributed by atoms with Crippen molar-refractivity contribution in [2.45, 2.75) is 79.7 Å². The lowest BCUT2D eigenvalue weighted by Gasteiger charge is -2.40. The largest absolute Gasteiger partial charge is 0.369 e. The van der Waals surface area contributed by atoms with E-state index in [1.54, 1.807) is 55.0 Å². The zero-order valence-electron chi connectivity index (χ0n) is 39.4. The second-order valence-corrected chi connectivity index (χ2v) is 19.7. The van der Waals surface area contributed by atoms with Gasteiger partial charge in [0.05, 0.1) is 23.6 Å². The minimum Gasteiger partial charge on any atom is -0.369 e. The molecule has 5 N–H and O–H groups in total. The van der Waals surface area contributed by atoms with Crippen molar-refractivity contribution in [3.8, 4) is 0 Å². The zero-order valence-corrected chi connectivity index (χ0v) is 41.1. The fourth-order valence-electron chi connectivity index (χ4n) is 9.58. The van der Waals surface area contributed by atoms with Crippen LogP contribution in [-0.4, -0.2) is 98.1 Å². The van der Waals surface area contributed by atoms with Gasteiger partial charge in [0.1, 0.15) is 22.6 Å². The Labute approximate surface area is 426 Å². The van der Waals surface area contributed by atoms with Crippen LogP contribution in [0.2, 0.25) is 0 Å². The molecule has 5 amide bonds. The number of imide groups is 1. The van der Waals surface area contributed by atoms with Crippen molar-refractivity contribution in [3.05, 3.63) is 161 Å². The molecule has 7 heterocycles. The van der Waals surface area contributed by atoms with E-state index in [0.29, 0.717) is 59.0 Å². The number of benzene rings is 3. The van der Waals surface area contributed by atoms with Gasteiger partial charge in [0.25, 0.3) is 17.7 Å². The van der Waals surface area contributed by atoms with Gasteiger partial charge in [-0.25, -0.2) is 14.4 Å². The first-order valence-electron chi connectivity index (χ1n) is 23.7. The van der Waals surface area contributed by atoms with Crippen molar-refractivity contribution in [1.82, 2.24) is 35.4 Å². The molecule has 0 aliphatic carbocycles.